The highest BCUT2D eigenvalue weighted by atomic mass is 35.5. The van der Waals surface area contributed by atoms with Gasteiger partial charge in [-0.1, -0.05) is 66.2 Å². The van der Waals surface area contributed by atoms with Crippen LogP contribution in [-0.4, -0.2) is 65.3 Å². The van der Waals surface area contributed by atoms with Crippen LogP contribution in [0.4, 0.5) is 0 Å². The van der Waals surface area contributed by atoms with Crippen LogP contribution in [0.25, 0.3) is 10.8 Å². The Bertz CT molecular complexity index is 1390. The zero-order chi connectivity index (χ0) is 28.8. The minimum atomic E-state index is -0.815. The van der Waals surface area contributed by atoms with Crippen molar-refractivity contribution in [1.29, 1.82) is 0 Å². The van der Waals surface area contributed by atoms with Crippen molar-refractivity contribution in [2.45, 2.75) is 57.7 Å². The van der Waals surface area contributed by atoms with E-state index in [2.05, 4.69) is 35.3 Å². The van der Waals surface area contributed by atoms with Gasteiger partial charge in [-0.3, -0.25) is 14.6 Å². The summed E-state index contributed by atoms with van der Waals surface area (Å²) in [5, 5.41) is 2.95. The van der Waals surface area contributed by atoms with Crippen molar-refractivity contribution in [3.8, 4) is 0 Å². The second kappa shape index (κ2) is 13.2. The lowest BCUT2D eigenvalue weighted by atomic mass is 9.97. The molecule has 1 heterocycles. The molecule has 0 aromatic heterocycles. The Kier molecular flexibility index (Phi) is 9.66. The zero-order valence-corrected chi connectivity index (χ0v) is 24.0. The third-order valence-corrected chi connectivity index (χ3v) is 7.92. The van der Waals surface area contributed by atoms with Crippen molar-refractivity contribution in [1.82, 2.24) is 9.80 Å². The van der Waals surface area contributed by atoms with Gasteiger partial charge in [-0.2, -0.15) is 0 Å². The smallest absolute Gasteiger partial charge is 0.245 e. The van der Waals surface area contributed by atoms with Gasteiger partial charge < -0.3 is 27.0 Å². The van der Waals surface area contributed by atoms with Gasteiger partial charge in [-0.15, -0.1) is 0 Å². The van der Waals surface area contributed by atoms with E-state index in [0.29, 0.717) is 43.9 Å². The van der Waals surface area contributed by atoms with E-state index >= 15 is 0 Å². The molecule has 1 aliphatic heterocycles. The molecular formula is C31H39ClN6O2. The number of fused-ring (bicyclic) bond motifs is 1. The topological polar surface area (TPSA) is 131 Å². The van der Waals surface area contributed by atoms with Gasteiger partial charge in [0.05, 0.1) is 6.04 Å². The van der Waals surface area contributed by atoms with Crippen molar-refractivity contribution < 1.29 is 9.59 Å². The molecule has 3 aromatic carbocycles. The van der Waals surface area contributed by atoms with Crippen LogP contribution in [0.15, 0.2) is 65.7 Å². The first-order valence-electron chi connectivity index (χ1n) is 13.8. The molecule has 0 bridgehead atoms. The molecule has 212 valence electrons. The summed E-state index contributed by atoms with van der Waals surface area (Å²) in [6.45, 7) is 5.29. The van der Waals surface area contributed by atoms with Crippen LogP contribution >= 0.6 is 11.6 Å². The van der Waals surface area contributed by atoms with Gasteiger partial charge in [0.25, 0.3) is 0 Å². The summed E-state index contributed by atoms with van der Waals surface area (Å²) < 4.78 is 0. The average Bonchev–Trinajstić information content (AvgIpc) is 2.92. The molecule has 40 heavy (non-hydrogen) atoms. The number of benzene rings is 3. The second-order valence-electron chi connectivity index (χ2n) is 10.7. The molecule has 0 spiro atoms. The molecule has 1 fully saturated rings. The SMILES string of the molecule is Cc1ccc(C[C@@H](N)C(=O)N2C[C@@H](C)N(CCc3ccc4ccccc4c3)C(=O)[C@@H]2CCCN=C(N)N)c(Cl)c1. The van der Waals surface area contributed by atoms with Crippen LogP contribution < -0.4 is 17.2 Å². The maximum absolute atomic E-state index is 13.9. The fourth-order valence-corrected chi connectivity index (χ4v) is 5.71. The lowest BCUT2D eigenvalue weighted by Gasteiger charge is -2.45. The lowest BCUT2D eigenvalue weighted by Crippen LogP contribution is -2.64. The number of nitrogens with zero attached hydrogens (tertiary/aromatic N) is 3. The fourth-order valence-electron chi connectivity index (χ4n) is 5.40. The number of carbonyl (C=O) groups excluding carboxylic acids is 2. The van der Waals surface area contributed by atoms with E-state index in [-0.39, 0.29) is 23.8 Å². The summed E-state index contributed by atoms with van der Waals surface area (Å²) in [7, 11) is 0. The van der Waals surface area contributed by atoms with Crippen LogP contribution in [0.2, 0.25) is 5.02 Å². The predicted octanol–water partition coefficient (Wildman–Crippen LogP) is 3.40. The Labute approximate surface area is 241 Å². The number of aryl methyl sites for hydroxylation is 1. The van der Waals surface area contributed by atoms with Gasteiger partial charge in [0.2, 0.25) is 11.8 Å². The molecule has 4 rings (SSSR count). The van der Waals surface area contributed by atoms with Crippen molar-refractivity contribution in [3.05, 3.63) is 82.4 Å². The van der Waals surface area contributed by atoms with Crippen LogP contribution in [0, 0.1) is 6.92 Å². The summed E-state index contributed by atoms with van der Waals surface area (Å²) in [4.78, 5) is 35.1. The molecule has 0 unspecified atom stereocenters. The van der Waals surface area contributed by atoms with Gasteiger partial charge in [0.1, 0.15) is 6.04 Å². The van der Waals surface area contributed by atoms with Crippen molar-refractivity contribution in [2.24, 2.45) is 22.2 Å². The first-order valence-corrected chi connectivity index (χ1v) is 14.2. The minimum Gasteiger partial charge on any atom is -0.370 e. The maximum atomic E-state index is 13.9. The molecule has 0 saturated carbocycles. The summed E-state index contributed by atoms with van der Waals surface area (Å²) in [5.74, 6) is -0.318. The minimum absolute atomic E-state index is 0.00513. The predicted molar refractivity (Wildman–Crippen MR) is 162 cm³/mol. The molecule has 8 nitrogen and oxygen atoms in total. The summed E-state index contributed by atoms with van der Waals surface area (Å²) in [5.41, 5.74) is 20.4. The number of nitrogens with two attached hydrogens (primary N) is 3. The Morgan fingerprint density at radius 3 is 2.58 bits per heavy atom. The molecule has 6 N–H and O–H groups in total. The second-order valence-corrected chi connectivity index (χ2v) is 11.1. The van der Waals surface area contributed by atoms with E-state index in [1.165, 1.54) is 16.3 Å². The standard InChI is InChI=1S/C31H39ClN6O2/c1-20-9-11-25(26(32)16-20)18-27(33)29(39)38-19-21(2)37(30(40)28(38)8-5-14-36-31(34)35)15-13-22-10-12-23-6-3-4-7-24(23)17-22/h3-4,6-7,9-12,16-17,21,27-28H,5,8,13-15,18-19,33H2,1-2H3,(H4,34,35,36)/t21-,27-,28+/m1/s1. The van der Waals surface area contributed by atoms with Crippen molar-refractivity contribution in [2.75, 3.05) is 19.6 Å². The lowest BCUT2D eigenvalue weighted by molar-refractivity contribution is -0.155. The van der Waals surface area contributed by atoms with E-state index in [9.17, 15) is 9.59 Å². The van der Waals surface area contributed by atoms with Crippen molar-refractivity contribution in [3.63, 3.8) is 0 Å². The molecule has 3 aromatic rings. The van der Waals surface area contributed by atoms with Crippen LogP contribution in [0.5, 0.6) is 0 Å². The normalized spacial score (nSPS) is 18.1. The first-order chi connectivity index (χ1) is 19.1. The quantitative estimate of drug-likeness (QED) is 0.198. The monoisotopic (exact) mass is 562 g/mol. The fraction of sp³-hybridized carbons (Fsp3) is 0.387. The molecule has 1 aliphatic rings. The Morgan fingerprint density at radius 2 is 1.85 bits per heavy atom. The van der Waals surface area contributed by atoms with E-state index in [1.54, 1.807) is 4.90 Å². The number of carbonyl (C=O) groups is 2. The van der Waals surface area contributed by atoms with Gasteiger partial charge in [0, 0.05) is 30.7 Å². The number of hydrogen-bond donors (Lipinski definition) is 3. The summed E-state index contributed by atoms with van der Waals surface area (Å²) in [6, 6.07) is 18.7. The molecule has 1 saturated heterocycles. The van der Waals surface area contributed by atoms with Gasteiger partial charge in [-0.05, 0) is 73.1 Å². The molecule has 0 aliphatic carbocycles. The third kappa shape index (κ3) is 7.11. The maximum Gasteiger partial charge on any atom is 0.245 e. The van der Waals surface area contributed by atoms with E-state index in [4.69, 9.17) is 28.8 Å². The number of hydrogen-bond acceptors (Lipinski definition) is 4. The van der Waals surface area contributed by atoms with Crippen LogP contribution in [0.1, 0.15) is 36.5 Å². The van der Waals surface area contributed by atoms with E-state index in [1.807, 2.05) is 49.1 Å². The number of halogens is 1. The Balaban J connectivity index is 1.49. The number of guanidine groups is 1. The molecular weight excluding hydrogens is 524 g/mol. The van der Waals surface area contributed by atoms with E-state index < -0.39 is 12.1 Å². The van der Waals surface area contributed by atoms with Crippen LogP contribution in [-0.2, 0) is 22.4 Å². The third-order valence-electron chi connectivity index (χ3n) is 7.57. The zero-order valence-electron chi connectivity index (χ0n) is 23.2. The highest BCUT2D eigenvalue weighted by Gasteiger charge is 2.41. The Hall–Kier alpha value is -3.62. The largest absolute Gasteiger partial charge is 0.370 e. The molecule has 2 amide bonds. The average molecular weight is 563 g/mol. The van der Waals surface area contributed by atoms with Crippen LogP contribution in [0.3, 0.4) is 0 Å². The molecule has 9 heteroatoms. The highest BCUT2D eigenvalue weighted by Crippen LogP contribution is 2.25. The first kappa shape index (κ1) is 29.4. The number of piperazine rings is 1. The number of aliphatic imine (C=N–C) groups is 1. The molecule has 0 radical (unpaired) electrons. The van der Waals surface area contributed by atoms with Crippen molar-refractivity contribution >= 4 is 40.1 Å². The molecule has 3 atom stereocenters. The number of amides is 2. The highest BCUT2D eigenvalue weighted by molar-refractivity contribution is 6.31. The summed E-state index contributed by atoms with van der Waals surface area (Å²) in [6.07, 6.45) is 2.02. The summed E-state index contributed by atoms with van der Waals surface area (Å²) >= 11 is 6.41. The van der Waals surface area contributed by atoms with Gasteiger partial charge in [-0.25, -0.2) is 0 Å². The van der Waals surface area contributed by atoms with Gasteiger partial charge in [0.15, 0.2) is 5.96 Å². The van der Waals surface area contributed by atoms with E-state index in [0.717, 1.165) is 17.5 Å². The van der Waals surface area contributed by atoms with Gasteiger partial charge >= 0.3 is 0 Å². The Morgan fingerprint density at radius 1 is 1.10 bits per heavy atom. The number of rotatable bonds is 10.